The number of benzene rings is 1. The van der Waals surface area contributed by atoms with Crippen LogP contribution in [0.25, 0.3) is 5.70 Å². The van der Waals surface area contributed by atoms with Gasteiger partial charge in [-0.25, -0.2) is 4.99 Å². The second-order valence-electron chi connectivity index (χ2n) is 7.37. The zero-order valence-corrected chi connectivity index (χ0v) is 15.3. The smallest absolute Gasteiger partial charge is 0.188 e. The molecule has 4 nitrogen and oxygen atoms in total. The summed E-state index contributed by atoms with van der Waals surface area (Å²) in [5.41, 5.74) is 1.97. The molecule has 0 fully saturated rings. The quantitative estimate of drug-likeness (QED) is 0.889. The van der Waals surface area contributed by atoms with Crippen LogP contribution in [0.3, 0.4) is 0 Å². The van der Waals surface area contributed by atoms with E-state index in [2.05, 4.69) is 44.3 Å². The van der Waals surface area contributed by atoms with Gasteiger partial charge in [0.2, 0.25) is 0 Å². The monoisotopic (exact) mass is 338 g/mol. The molecule has 2 aromatic rings. The average Bonchev–Trinajstić information content (AvgIpc) is 3.04. The zero-order valence-electron chi connectivity index (χ0n) is 15.3. The summed E-state index contributed by atoms with van der Waals surface area (Å²) in [5, 5.41) is 3.72. The van der Waals surface area contributed by atoms with Gasteiger partial charge >= 0.3 is 0 Å². The number of ether oxygens (including phenoxy) is 1. The summed E-state index contributed by atoms with van der Waals surface area (Å²) in [5.74, 6) is 1.78. The molecule has 0 radical (unpaired) electrons. The van der Waals surface area contributed by atoms with Gasteiger partial charge < -0.3 is 14.5 Å². The summed E-state index contributed by atoms with van der Waals surface area (Å²) in [6, 6.07) is 14.2. The maximum atomic E-state index is 5.73. The van der Waals surface area contributed by atoms with Crippen LogP contribution in [0.1, 0.15) is 44.4 Å². The predicted octanol–water partition coefficient (Wildman–Crippen LogP) is 4.61. The minimum atomic E-state index is -0.0363. The van der Waals surface area contributed by atoms with Crippen molar-refractivity contribution in [2.24, 2.45) is 4.99 Å². The third kappa shape index (κ3) is 4.40. The minimum absolute atomic E-state index is 0.0363. The number of nitrogens with zero attached hydrogens (tertiary/aromatic N) is 1. The van der Waals surface area contributed by atoms with E-state index < -0.39 is 0 Å². The van der Waals surface area contributed by atoms with Crippen LogP contribution in [0.5, 0.6) is 0 Å². The van der Waals surface area contributed by atoms with Crippen molar-refractivity contribution in [2.75, 3.05) is 7.11 Å². The first-order chi connectivity index (χ1) is 12.0. The van der Waals surface area contributed by atoms with Gasteiger partial charge in [0.05, 0.1) is 19.1 Å². The summed E-state index contributed by atoms with van der Waals surface area (Å²) in [4.78, 5) is 4.78. The van der Waals surface area contributed by atoms with Crippen LogP contribution in [0.4, 0.5) is 0 Å². The molecule has 0 amide bonds. The molecule has 2 atom stereocenters. The van der Waals surface area contributed by atoms with Gasteiger partial charge in [0.15, 0.2) is 5.90 Å². The molecule has 1 aromatic heterocycles. The van der Waals surface area contributed by atoms with E-state index in [-0.39, 0.29) is 17.5 Å². The summed E-state index contributed by atoms with van der Waals surface area (Å²) in [6.07, 6.45) is 4.60. The van der Waals surface area contributed by atoms with Gasteiger partial charge in [0.25, 0.3) is 0 Å². The molecule has 3 rings (SSSR count). The lowest BCUT2D eigenvalue weighted by Crippen LogP contribution is -2.45. The number of nitrogens with one attached hydrogen (secondary N) is 1. The topological polar surface area (TPSA) is 46.8 Å². The lowest BCUT2D eigenvalue weighted by molar-refractivity contribution is 0.323. The molecular formula is C21H26N2O2. The number of aliphatic imine (C=N–C) groups is 1. The number of methoxy groups -OCH3 is 1. The zero-order chi connectivity index (χ0) is 17.9. The van der Waals surface area contributed by atoms with Crippen LogP contribution in [0.2, 0.25) is 0 Å². The highest BCUT2D eigenvalue weighted by Gasteiger charge is 2.31. The maximum absolute atomic E-state index is 5.73. The Labute approximate surface area is 149 Å². The van der Waals surface area contributed by atoms with Crippen molar-refractivity contribution in [1.29, 1.82) is 0 Å². The fourth-order valence-electron chi connectivity index (χ4n) is 3.14. The average molecular weight is 338 g/mol. The molecule has 1 aliphatic rings. The van der Waals surface area contributed by atoms with E-state index in [1.54, 1.807) is 13.4 Å². The molecule has 0 saturated carbocycles. The molecule has 0 aliphatic carbocycles. The van der Waals surface area contributed by atoms with E-state index in [4.69, 9.17) is 14.1 Å². The first kappa shape index (κ1) is 17.5. The van der Waals surface area contributed by atoms with Crippen LogP contribution in [0, 0.1) is 0 Å². The SMILES string of the molecule is COC1=NC(c2ccccc2)=C[C@H](NC(C)(C)C)[C@@H](c2ccco2)C1. The van der Waals surface area contributed by atoms with Crippen molar-refractivity contribution in [2.45, 2.75) is 44.7 Å². The van der Waals surface area contributed by atoms with E-state index in [0.29, 0.717) is 6.42 Å². The molecule has 0 bridgehead atoms. The number of hydrogen-bond acceptors (Lipinski definition) is 4. The van der Waals surface area contributed by atoms with Gasteiger partial charge in [-0.15, -0.1) is 0 Å². The van der Waals surface area contributed by atoms with Gasteiger partial charge in [-0.1, -0.05) is 30.3 Å². The van der Waals surface area contributed by atoms with Gasteiger partial charge in [0.1, 0.15) is 5.76 Å². The Hall–Kier alpha value is -2.33. The van der Waals surface area contributed by atoms with E-state index in [1.165, 1.54) is 0 Å². The molecule has 25 heavy (non-hydrogen) atoms. The van der Waals surface area contributed by atoms with Gasteiger partial charge in [0, 0.05) is 23.9 Å². The number of rotatable bonds is 3. The third-order valence-electron chi connectivity index (χ3n) is 4.22. The molecule has 0 spiro atoms. The van der Waals surface area contributed by atoms with Crippen molar-refractivity contribution < 1.29 is 9.15 Å². The lowest BCUT2D eigenvalue weighted by atomic mass is 9.90. The highest BCUT2D eigenvalue weighted by Crippen LogP contribution is 2.32. The summed E-state index contributed by atoms with van der Waals surface area (Å²) < 4.78 is 11.3. The largest absolute Gasteiger partial charge is 0.484 e. The molecule has 0 unspecified atom stereocenters. The summed E-state index contributed by atoms with van der Waals surface area (Å²) in [6.45, 7) is 6.52. The van der Waals surface area contributed by atoms with E-state index in [1.807, 2.05) is 30.3 Å². The number of hydrogen-bond donors (Lipinski definition) is 1. The van der Waals surface area contributed by atoms with Crippen molar-refractivity contribution in [1.82, 2.24) is 5.32 Å². The van der Waals surface area contributed by atoms with E-state index in [0.717, 1.165) is 22.9 Å². The van der Waals surface area contributed by atoms with Gasteiger partial charge in [-0.3, -0.25) is 0 Å². The first-order valence-corrected chi connectivity index (χ1v) is 8.66. The molecule has 132 valence electrons. The van der Waals surface area contributed by atoms with Crippen LogP contribution in [-0.4, -0.2) is 24.6 Å². The molecule has 1 aromatic carbocycles. The minimum Gasteiger partial charge on any atom is -0.484 e. The normalized spacial score (nSPS) is 21.3. The second-order valence-corrected chi connectivity index (χ2v) is 7.37. The third-order valence-corrected chi connectivity index (χ3v) is 4.22. The lowest BCUT2D eigenvalue weighted by Gasteiger charge is -2.31. The van der Waals surface area contributed by atoms with Crippen molar-refractivity contribution in [3.8, 4) is 0 Å². The standard InChI is InChI=1S/C21H26N2O2/c1-21(2,3)23-18-14-17(15-9-6-5-7-10-15)22-20(24-4)13-16(18)19-11-8-12-25-19/h5-12,14,16,18,23H,13H2,1-4H3/t16-,18-/m0/s1. The van der Waals surface area contributed by atoms with Crippen LogP contribution >= 0.6 is 0 Å². The second kappa shape index (κ2) is 7.28. The first-order valence-electron chi connectivity index (χ1n) is 8.66. The Bertz CT molecular complexity index is 740. The Morgan fingerprint density at radius 2 is 1.88 bits per heavy atom. The Morgan fingerprint density at radius 1 is 1.12 bits per heavy atom. The summed E-state index contributed by atoms with van der Waals surface area (Å²) >= 11 is 0. The fourth-order valence-corrected chi connectivity index (χ4v) is 3.14. The van der Waals surface area contributed by atoms with E-state index >= 15 is 0 Å². The molecule has 0 saturated heterocycles. The molecule has 1 N–H and O–H groups in total. The predicted molar refractivity (Wildman–Crippen MR) is 102 cm³/mol. The molecule has 1 aliphatic heterocycles. The highest BCUT2D eigenvalue weighted by atomic mass is 16.5. The molecule has 4 heteroatoms. The highest BCUT2D eigenvalue weighted by molar-refractivity contribution is 5.85. The van der Waals surface area contributed by atoms with Crippen LogP contribution < -0.4 is 5.32 Å². The van der Waals surface area contributed by atoms with Crippen LogP contribution in [0.15, 0.2) is 64.2 Å². The molecule has 2 heterocycles. The Kier molecular flexibility index (Phi) is 5.09. The van der Waals surface area contributed by atoms with E-state index in [9.17, 15) is 0 Å². The van der Waals surface area contributed by atoms with Gasteiger partial charge in [-0.05, 0) is 44.5 Å². The van der Waals surface area contributed by atoms with Crippen LogP contribution in [-0.2, 0) is 4.74 Å². The Balaban J connectivity index is 2.05. The van der Waals surface area contributed by atoms with Crippen molar-refractivity contribution >= 4 is 11.6 Å². The van der Waals surface area contributed by atoms with Crippen molar-refractivity contribution in [3.05, 3.63) is 66.1 Å². The Morgan fingerprint density at radius 3 is 2.48 bits per heavy atom. The van der Waals surface area contributed by atoms with Gasteiger partial charge in [-0.2, -0.15) is 0 Å². The fraction of sp³-hybridized carbons (Fsp3) is 0.381. The maximum Gasteiger partial charge on any atom is 0.188 e. The summed E-state index contributed by atoms with van der Waals surface area (Å²) in [7, 11) is 1.68. The number of furan rings is 1. The molecular weight excluding hydrogens is 312 g/mol. The van der Waals surface area contributed by atoms with Crippen molar-refractivity contribution in [3.63, 3.8) is 0 Å².